The minimum Gasteiger partial charge on any atom is -0.309 e. The van der Waals surface area contributed by atoms with Crippen molar-refractivity contribution in [1.82, 2.24) is 0 Å². The molecule has 0 aromatic heterocycles. The molecule has 0 bridgehead atoms. The summed E-state index contributed by atoms with van der Waals surface area (Å²) in [6, 6.07) is 0. The summed E-state index contributed by atoms with van der Waals surface area (Å²) >= 11 is 1.64. The molecule has 1 nitrogen and oxygen atoms in total. The Morgan fingerprint density at radius 2 is 2.09 bits per heavy atom. The number of hydrogen-bond donors (Lipinski definition) is 0. The van der Waals surface area contributed by atoms with Gasteiger partial charge in [-0.05, 0) is 31.3 Å². The van der Waals surface area contributed by atoms with E-state index in [-0.39, 0.29) is 0 Å². The molecule has 0 unspecified atom stereocenters. The van der Waals surface area contributed by atoms with Gasteiger partial charge in [0, 0.05) is 5.25 Å². The average Bonchev–Trinajstić information content (AvgIpc) is 2.67. The zero-order valence-electron chi connectivity index (χ0n) is 7.72. The predicted molar refractivity (Wildman–Crippen MR) is 50.7 cm³/mol. The summed E-state index contributed by atoms with van der Waals surface area (Å²) in [6.45, 7) is 6.57. The standard InChI is InChI=1S/C9H18OS/c1-4-5-9(6-7-9)10-11-8(2)3/h8H,4-7H2,1-3H3. The topological polar surface area (TPSA) is 9.23 Å². The lowest BCUT2D eigenvalue weighted by molar-refractivity contribution is 0.202. The van der Waals surface area contributed by atoms with Gasteiger partial charge in [0.15, 0.2) is 0 Å². The molecule has 0 N–H and O–H groups in total. The lowest BCUT2D eigenvalue weighted by Gasteiger charge is -2.15. The normalized spacial score (nSPS) is 20.7. The zero-order chi connectivity index (χ0) is 8.32. The van der Waals surface area contributed by atoms with E-state index < -0.39 is 0 Å². The molecule has 1 aliphatic carbocycles. The lowest BCUT2D eigenvalue weighted by Crippen LogP contribution is -2.10. The maximum Gasteiger partial charge on any atom is 0.0831 e. The van der Waals surface area contributed by atoms with Crippen molar-refractivity contribution in [3.63, 3.8) is 0 Å². The molecule has 0 radical (unpaired) electrons. The SMILES string of the molecule is CCCC1(OSC(C)C)CC1. The van der Waals surface area contributed by atoms with Crippen molar-refractivity contribution in [3.8, 4) is 0 Å². The van der Waals surface area contributed by atoms with Crippen LogP contribution >= 0.6 is 12.0 Å². The Morgan fingerprint density at radius 3 is 2.45 bits per heavy atom. The highest BCUT2D eigenvalue weighted by Crippen LogP contribution is 2.46. The molecule has 0 atom stereocenters. The van der Waals surface area contributed by atoms with Gasteiger partial charge in [-0.1, -0.05) is 27.2 Å². The van der Waals surface area contributed by atoms with E-state index in [4.69, 9.17) is 4.18 Å². The van der Waals surface area contributed by atoms with Crippen LogP contribution in [0.15, 0.2) is 0 Å². The van der Waals surface area contributed by atoms with Gasteiger partial charge in [-0.15, -0.1) is 0 Å². The van der Waals surface area contributed by atoms with Crippen LogP contribution in [0.3, 0.4) is 0 Å². The van der Waals surface area contributed by atoms with Crippen LogP contribution in [0.2, 0.25) is 0 Å². The molecule has 0 saturated heterocycles. The second kappa shape index (κ2) is 3.81. The van der Waals surface area contributed by atoms with Gasteiger partial charge in [-0.3, -0.25) is 0 Å². The fourth-order valence-electron chi connectivity index (χ4n) is 1.17. The summed E-state index contributed by atoms with van der Waals surface area (Å²) in [7, 11) is 0. The smallest absolute Gasteiger partial charge is 0.0831 e. The summed E-state index contributed by atoms with van der Waals surface area (Å²) in [4.78, 5) is 0. The molecular weight excluding hydrogens is 156 g/mol. The summed E-state index contributed by atoms with van der Waals surface area (Å²) < 4.78 is 5.76. The summed E-state index contributed by atoms with van der Waals surface area (Å²) in [5, 5.41) is 0.601. The van der Waals surface area contributed by atoms with Gasteiger partial charge in [0.05, 0.1) is 5.60 Å². The van der Waals surface area contributed by atoms with Gasteiger partial charge in [0.1, 0.15) is 0 Å². The first kappa shape index (κ1) is 9.40. The summed E-state index contributed by atoms with van der Waals surface area (Å²) in [6.07, 6.45) is 5.05. The van der Waals surface area contributed by atoms with Crippen LogP contribution in [0, 0.1) is 0 Å². The van der Waals surface area contributed by atoms with Crippen LogP contribution in [0.5, 0.6) is 0 Å². The number of hydrogen-bond acceptors (Lipinski definition) is 2. The molecule has 0 spiro atoms. The van der Waals surface area contributed by atoms with Crippen molar-refractivity contribution in [2.45, 2.75) is 57.3 Å². The molecule has 0 heterocycles. The van der Waals surface area contributed by atoms with Crippen LogP contribution in [0.25, 0.3) is 0 Å². The molecule has 0 amide bonds. The van der Waals surface area contributed by atoms with Gasteiger partial charge in [-0.2, -0.15) is 0 Å². The van der Waals surface area contributed by atoms with Crippen molar-refractivity contribution >= 4 is 12.0 Å². The molecule has 1 aliphatic rings. The number of rotatable bonds is 5. The van der Waals surface area contributed by atoms with E-state index >= 15 is 0 Å². The Bertz CT molecular complexity index is 119. The molecule has 11 heavy (non-hydrogen) atoms. The fourth-order valence-corrected chi connectivity index (χ4v) is 1.81. The third-order valence-corrected chi connectivity index (χ3v) is 2.77. The fraction of sp³-hybridized carbons (Fsp3) is 1.00. The molecule has 1 saturated carbocycles. The zero-order valence-corrected chi connectivity index (χ0v) is 8.54. The highest BCUT2D eigenvalue weighted by Gasteiger charge is 2.43. The molecule has 0 aromatic carbocycles. The van der Waals surface area contributed by atoms with Crippen LogP contribution in [0.1, 0.15) is 46.5 Å². The van der Waals surface area contributed by atoms with Gasteiger partial charge < -0.3 is 4.18 Å². The van der Waals surface area contributed by atoms with E-state index in [0.717, 1.165) is 0 Å². The van der Waals surface area contributed by atoms with E-state index in [1.807, 2.05) is 0 Å². The third-order valence-electron chi connectivity index (χ3n) is 1.93. The molecule has 0 aromatic rings. The molecule has 0 aliphatic heterocycles. The molecule has 2 heteroatoms. The lowest BCUT2D eigenvalue weighted by atomic mass is 10.2. The van der Waals surface area contributed by atoms with Crippen LogP contribution in [-0.2, 0) is 4.18 Å². The first-order valence-electron chi connectivity index (χ1n) is 4.53. The Labute approximate surface area is 74.1 Å². The van der Waals surface area contributed by atoms with Crippen molar-refractivity contribution in [2.24, 2.45) is 0 Å². The second-order valence-electron chi connectivity index (χ2n) is 3.66. The average molecular weight is 174 g/mol. The molecular formula is C9H18OS. The highest BCUT2D eigenvalue weighted by atomic mass is 32.2. The summed E-state index contributed by atoms with van der Waals surface area (Å²) in [5.74, 6) is 0. The second-order valence-corrected chi connectivity index (χ2v) is 4.96. The van der Waals surface area contributed by atoms with Crippen molar-refractivity contribution in [3.05, 3.63) is 0 Å². The minimum absolute atomic E-state index is 0.295. The van der Waals surface area contributed by atoms with E-state index in [9.17, 15) is 0 Å². The highest BCUT2D eigenvalue weighted by molar-refractivity contribution is 7.95. The minimum atomic E-state index is 0.295. The molecule has 66 valence electrons. The summed E-state index contributed by atoms with van der Waals surface area (Å²) in [5.41, 5.74) is 0.295. The van der Waals surface area contributed by atoms with Crippen molar-refractivity contribution in [2.75, 3.05) is 0 Å². The molecule has 1 rings (SSSR count). The van der Waals surface area contributed by atoms with Gasteiger partial charge in [-0.25, -0.2) is 0 Å². The Kier molecular flexibility index (Phi) is 3.26. The van der Waals surface area contributed by atoms with Crippen LogP contribution in [0.4, 0.5) is 0 Å². The third kappa shape index (κ3) is 3.04. The van der Waals surface area contributed by atoms with Gasteiger partial charge in [0.2, 0.25) is 0 Å². The Morgan fingerprint density at radius 1 is 1.45 bits per heavy atom. The largest absolute Gasteiger partial charge is 0.309 e. The predicted octanol–water partition coefficient (Wildman–Crippen LogP) is 3.39. The first-order chi connectivity index (χ1) is 5.18. The van der Waals surface area contributed by atoms with Crippen molar-refractivity contribution < 1.29 is 4.18 Å². The first-order valence-corrected chi connectivity index (χ1v) is 5.33. The van der Waals surface area contributed by atoms with Gasteiger partial charge in [0.25, 0.3) is 0 Å². The van der Waals surface area contributed by atoms with E-state index in [1.165, 1.54) is 25.7 Å². The maximum atomic E-state index is 5.76. The van der Waals surface area contributed by atoms with Gasteiger partial charge >= 0.3 is 0 Å². The quantitative estimate of drug-likeness (QED) is 0.591. The van der Waals surface area contributed by atoms with E-state index in [0.29, 0.717) is 10.9 Å². The maximum absolute atomic E-state index is 5.76. The van der Waals surface area contributed by atoms with E-state index in [2.05, 4.69) is 20.8 Å². The Hall–Kier alpha value is 0.310. The van der Waals surface area contributed by atoms with Crippen LogP contribution in [-0.4, -0.2) is 10.9 Å². The molecule has 1 fully saturated rings. The van der Waals surface area contributed by atoms with Crippen LogP contribution < -0.4 is 0 Å². The van der Waals surface area contributed by atoms with Crippen molar-refractivity contribution in [1.29, 1.82) is 0 Å². The monoisotopic (exact) mass is 174 g/mol. The van der Waals surface area contributed by atoms with E-state index in [1.54, 1.807) is 12.0 Å². The Balaban J connectivity index is 2.14.